The third-order valence-corrected chi connectivity index (χ3v) is 8.38. The molecule has 0 aromatic heterocycles. The van der Waals surface area contributed by atoms with Crippen molar-refractivity contribution in [3.8, 4) is 0 Å². The molecule has 0 saturated carbocycles. The van der Waals surface area contributed by atoms with E-state index in [1.54, 1.807) is 55.5 Å². The molecule has 0 fully saturated rings. The van der Waals surface area contributed by atoms with Crippen molar-refractivity contribution >= 4 is 39.1 Å². The first kappa shape index (κ1) is 28.2. The Morgan fingerprint density at radius 1 is 0.946 bits per heavy atom. The van der Waals surface area contributed by atoms with Crippen LogP contribution < -0.4 is 9.62 Å². The molecule has 0 saturated heterocycles. The highest BCUT2D eigenvalue weighted by Crippen LogP contribution is 2.28. The lowest BCUT2D eigenvalue weighted by atomic mass is 10.1. The molecule has 2 amide bonds. The van der Waals surface area contributed by atoms with E-state index in [1.807, 2.05) is 26.0 Å². The average molecular weight is 542 g/mol. The van der Waals surface area contributed by atoms with Gasteiger partial charge < -0.3 is 10.2 Å². The molecule has 0 bridgehead atoms. The van der Waals surface area contributed by atoms with Crippen LogP contribution in [0.2, 0.25) is 5.02 Å². The number of nitrogens with one attached hydrogen (secondary N) is 1. The predicted molar refractivity (Wildman–Crippen MR) is 147 cm³/mol. The van der Waals surface area contributed by atoms with Crippen LogP contribution in [0, 0.1) is 6.92 Å². The lowest BCUT2D eigenvalue weighted by molar-refractivity contribution is -0.139. The number of amides is 2. The Kier molecular flexibility index (Phi) is 9.34. The lowest BCUT2D eigenvalue weighted by Crippen LogP contribution is -2.50. The first-order chi connectivity index (χ1) is 17.6. The molecule has 0 radical (unpaired) electrons. The number of nitrogens with zero attached hydrogens (tertiary/aromatic N) is 2. The monoisotopic (exact) mass is 541 g/mol. The van der Waals surface area contributed by atoms with Crippen molar-refractivity contribution in [1.82, 2.24) is 10.2 Å². The fraction of sp³-hybridized carbons (Fsp3) is 0.286. The third kappa shape index (κ3) is 6.50. The quantitative estimate of drug-likeness (QED) is 0.407. The number of hydrogen-bond donors (Lipinski definition) is 1. The van der Waals surface area contributed by atoms with Crippen molar-refractivity contribution in [2.24, 2.45) is 0 Å². The van der Waals surface area contributed by atoms with Crippen LogP contribution in [-0.4, -0.2) is 44.8 Å². The Morgan fingerprint density at radius 3 is 2.14 bits per heavy atom. The molecule has 0 aliphatic heterocycles. The van der Waals surface area contributed by atoms with E-state index >= 15 is 0 Å². The topological polar surface area (TPSA) is 86.8 Å². The summed E-state index contributed by atoms with van der Waals surface area (Å²) in [6.07, 6.45) is 0.572. The maximum Gasteiger partial charge on any atom is 0.264 e. The van der Waals surface area contributed by atoms with E-state index in [0.717, 1.165) is 15.4 Å². The van der Waals surface area contributed by atoms with Gasteiger partial charge in [0.15, 0.2) is 0 Å². The van der Waals surface area contributed by atoms with Gasteiger partial charge in [-0.2, -0.15) is 0 Å². The van der Waals surface area contributed by atoms with Gasteiger partial charge in [-0.05, 0) is 55.7 Å². The molecular weight excluding hydrogens is 510 g/mol. The zero-order valence-corrected chi connectivity index (χ0v) is 23.0. The van der Waals surface area contributed by atoms with Crippen molar-refractivity contribution in [3.63, 3.8) is 0 Å². The van der Waals surface area contributed by atoms with Crippen LogP contribution in [0.15, 0.2) is 77.7 Å². The summed E-state index contributed by atoms with van der Waals surface area (Å²) in [6.45, 7) is 4.96. The number of rotatable bonds is 10. The molecule has 0 spiro atoms. The first-order valence-corrected chi connectivity index (χ1v) is 13.8. The number of sulfonamides is 1. The number of anilines is 1. The molecule has 7 nitrogen and oxygen atoms in total. The van der Waals surface area contributed by atoms with Gasteiger partial charge in [-0.1, -0.05) is 72.6 Å². The van der Waals surface area contributed by atoms with Crippen molar-refractivity contribution in [2.75, 3.05) is 17.9 Å². The number of benzene rings is 3. The van der Waals surface area contributed by atoms with E-state index < -0.39 is 28.5 Å². The van der Waals surface area contributed by atoms with Gasteiger partial charge in [-0.25, -0.2) is 8.42 Å². The smallest absolute Gasteiger partial charge is 0.264 e. The number of likely N-dealkylation sites (N-methyl/N-ethyl adjacent to an activating group) is 1. The SMILES string of the molecule is CCc1ccccc1N(CC(=O)N(Cc1ccccc1Cl)[C@H](C)C(=O)NC)S(=O)(=O)c1ccc(C)cc1. The standard InChI is InChI=1S/C28H32ClN3O4S/c1-5-22-10-7-9-13-26(22)32(37(35,36)24-16-14-20(2)15-17-24)19-27(33)31(21(3)28(34)30-4)18-23-11-6-8-12-25(23)29/h6-17,21H,5,18-19H2,1-4H3,(H,30,34)/t21-/m1/s1. The largest absolute Gasteiger partial charge is 0.357 e. The molecule has 1 atom stereocenters. The summed E-state index contributed by atoms with van der Waals surface area (Å²) in [5.74, 6) is -0.903. The van der Waals surface area contributed by atoms with Crippen LogP contribution in [-0.2, 0) is 32.6 Å². The number of carbonyl (C=O) groups excluding carboxylic acids is 2. The number of halogens is 1. The molecule has 3 aromatic rings. The molecule has 0 aliphatic rings. The second kappa shape index (κ2) is 12.3. The molecular formula is C28H32ClN3O4S. The van der Waals surface area contributed by atoms with Crippen molar-refractivity contribution in [2.45, 2.75) is 44.7 Å². The average Bonchev–Trinajstić information content (AvgIpc) is 2.90. The Morgan fingerprint density at radius 2 is 1.54 bits per heavy atom. The van der Waals surface area contributed by atoms with Crippen molar-refractivity contribution in [3.05, 3.63) is 94.5 Å². The van der Waals surface area contributed by atoms with E-state index in [-0.39, 0.29) is 17.3 Å². The molecule has 9 heteroatoms. The Balaban J connectivity index is 2.08. The summed E-state index contributed by atoms with van der Waals surface area (Å²) in [4.78, 5) is 27.8. The van der Waals surface area contributed by atoms with Gasteiger partial charge in [-0.15, -0.1) is 0 Å². The third-order valence-electron chi connectivity index (χ3n) is 6.24. The van der Waals surface area contributed by atoms with Crippen molar-refractivity contribution in [1.29, 1.82) is 0 Å². The normalized spacial score (nSPS) is 12.0. The van der Waals surface area contributed by atoms with E-state index in [4.69, 9.17) is 11.6 Å². The zero-order chi connectivity index (χ0) is 27.2. The van der Waals surface area contributed by atoms with Gasteiger partial charge in [0.2, 0.25) is 11.8 Å². The number of carbonyl (C=O) groups is 2. The zero-order valence-electron chi connectivity index (χ0n) is 21.4. The van der Waals surface area contributed by atoms with Crippen LogP contribution in [0.3, 0.4) is 0 Å². The second-order valence-corrected chi connectivity index (χ2v) is 11.0. The maximum absolute atomic E-state index is 13.9. The minimum Gasteiger partial charge on any atom is -0.357 e. The van der Waals surface area contributed by atoms with E-state index in [9.17, 15) is 18.0 Å². The molecule has 0 unspecified atom stereocenters. The predicted octanol–water partition coefficient (Wildman–Crippen LogP) is 4.57. The van der Waals surface area contributed by atoms with E-state index in [1.165, 1.54) is 24.1 Å². The molecule has 0 heterocycles. The molecule has 0 aliphatic carbocycles. The fourth-order valence-electron chi connectivity index (χ4n) is 4.01. The van der Waals surface area contributed by atoms with Crippen LogP contribution in [0.5, 0.6) is 0 Å². The molecule has 37 heavy (non-hydrogen) atoms. The molecule has 196 valence electrons. The van der Waals surface area contributed by atoms with Crippen molar-refractivity contribution < 1.29 is 18.0 Å². The summed E-state index contributed by atoms with van der Waals surface area (Å²) in [5, 5.41) is 3.02. The lowest BCUT2D eigenvalue weighted by Gasteiger charge is -2.32. The number of hydrogen-bond acceptors (Lipinski definition) is 4. The fourth-order valence-corrected chi connectivity index (χ4v) is 5.65. The number of aryl methyl sites for hydroxylation is 2. The van der Waals surface area contributed by atoms with Crippen LogP contribution in [0.25, 0.3) is 0 Å². The highest BCUT2D eigenvalue weighted by molar-refractivity contribution is 7.92. The minimum atomic E-state index is -4.11. The van der Waals surface area contributed by atoms with Gasteiger partial charge in [-0.3, -0.25) is 13.9 Å². The minimum absolute atomic E-state index is 0.0426. The summed E-state index contributed by atoms with van der Waals surface area (Å²) < 4.78 is 28.9. The Labute approximate surface area is 224 Å². The van der Waals surface area contributed by atoms with Gasteiger partial charge in [0.25, 0.3) is 10.0 Å². The highest BCUT2D eigenvalue weighted by Gasteiger charge is 2.33. The molecule has 3 aromatic carbocycles. The van der Waals surface area contributed by atoms with Crippen LogP contribution in [0.1, 0.15) is 30.5 Å². The molecule has 3 rings (SSSR count). The summed E-state index contributed by atoms with van der Waals surface area (Å²) in [7, 11) is -2.62. The van der Waals surface area contributed by atoms with Crippen LogP contribution >= 0.6 is 11.6 Å². The summed E-state index contributed by atoms with van der Waals surface area (Å²) in [6, 6.07) is 19.8. The van der Waals surface area contributed by atoms with E-state index in [2.05, 4.69) is 5.32 Å². The molecule has 1 N–H and O–H groups in total. The Bertz CT molecular complexity index is 1360. The highest BCUT2D eigenvalue weighted by atomic mass is 35.5. The summed E-state index contributed by atoms with van der Waals surface area (Å²) >= 11 is 6.35. The Hall–Kier alpha value is -3.36. The summed E-state index contributed by atoms with van der Waals surface area (Å²) in [5.41, 5.74) is 2.77. The van der Waals surface area contributed by atoms with Gasteiger partial charge >= 0.3 is 0 Å². The van der Waals surface area contributed by atoms with E-state index in [0.29, 0.717) is 22.7 Å². The second-order valence-electron chi connectivity index (χ2n) is 8.71. The van der Waals surface area contributed by atoms with Gasteiger partial charge in [0.1, 0.15) is 12.6 Å². The van der Waals surface area contributed by atoms with Crippen LogP contribution in [0.4, 0.5) is 5.69 Å². The van der Waals surface area contributed by atoms with Gasteiger partial charge in [0.05, 0.1) is 10.6 Å². The van der Waals surface area contributed by atoms with Gasteiger partial charge in [0, 0.05) is 18.6 Å². The number of para-hydroxylation sites is 1. The maximum atomic E-state index is 13.9. The first-order valence-electron chi connectivity index (χ1n) is 12.0.